The van der Waals surface area contributed by atoms with Crippen molar-refractivity contribution in [3.63, 3.8) is 0 Å². The fourth-order valence-corrected chi connectivity index (χ4v) is 7.25. The van der Waals surface area contributed by atoms with E-state index in [9.17, 15) is 13.2 Å². The van der Waals surface area contributed by atoms with Crippen molar-refractivity contribution in [2.45, 2.75) is 11.2 Å². The summed E-state index contributed by atoms with van der Waals surface area (Å²) in [7, 11) is 1.82. The minimum atomic E-state index is -3.23. The van der Waals surface area contributed by atoms with Crippen LogP contribution in [-0.2, 0) is 9.84 Å². The summed E-state index contributed by atoms with van der Waals surface area (Å²) in [6.45, 7) is 5.18. The molecule has 0 bridgehead atoms. The van der Waals surface area contributed by atoms with Gasteiger partial charge in [0, 0.05) is 51.9 Å². The van der Waals surface area contributed by atoms with Crippen molar-refractivity contribution in [2.24, 2.45) is 5.92 Å². The molecule has 1 atom stereocenters. The van der Waals surface area contributed by atoms with Crippen LogP contribution >= 0.6 is 0 Å². The van der Waals surface area contributed by atoms with E-state index in [1.165, 1.54) is 14.2 Å². The molecular formula is C20H30N4O5S. The number of carbonyl (C=O) groups is 1. The molecule has 166 valence electrons. The monoisotopic (exact) mass is 438 g/mol. The first-order valence-electron chi connectivity index (χ1n) is 10.3. The summed E-state index contributed by atoms with van der Waals surface area (Å²) in [6.07, 6.45) is 0.671. The van der Waals surface area contributed by atoms with Crippen molar-refractivity contribution >= 4 is 15.7 Å². The van der Waals surface area contributed by atoms with Gasteiger partial charge in [0.2, 0.25) is 11.8 Å². The fraction of sp³-hybridized carbons (Fsp3) is 0.700. The van der Waals surface area contributed by atoms with E-state index in [0.717, 1.165) is 32.7 Å². The maximum atomic E-state index is 13.0. The quantitative estimate of drug-likeness (QED) is 0.633. The molecule has 1 aromatic rings. The van der Waals surface area contributed by atoms with Crippen LogP contribution in [0.5, 0.6) is 11.8 Å². The number of rotatable bonds is 5. The third-order valence-electron chi connectivity index (χ3n) is 6.84. The van der Waals surface area contributed by atoms with Gasteiger partial charge in [-0.05, 0) is 25.5 Å². The second-order valence-electron chi connectivity index (χ2n) is 8.54. The van der Waals surface area contributed by atoms with Gasteiger partial charge in [-0.15, -0.1) is 0 Å². The molecule has 10 heteroatoms. The number of likely N-dealkylation sites (N-methyl/N-ethyl adjacent to an activating group) is 1. The Bertz CT molecular complexity index is 908. The largest absolute Gasteiger partial charge is 0.481 e. The van der Waals surface area contributed by atoms with Crippen LogP contribution in [0, 0.1) is 5.92 Å². The molecule has 3 aliphatic rings. The van der Waals surface area contributed by atoms with Gasteiger partial charge in [-0.1, -0.05) is 0 Å². The lowest BCUT2D eigenvalue weighted by Gasteiger charge is -2.51. The van der Waals surface area contributed by atoms with E-state index in [0.29, 0.717) is 17.9 Å². The molecule has 0 aliphatic carbocycles. The van der Waals surface area contributed by atoms with E-state index in [2.05, 4.69) is 21.8 Å². The van der Waals surface area contributed by atoms with Crippen LogP contribution in [0.3, 0.4) is 0 Å². The van der Waals surface area contributed by atoms with Crippen molar-refractivity contribution in [1.29, 1.82) is 0 Å². The predicted molar refractivity (Wildman–Crippen MR) is 112 cm³/mol. The van der Waals surface area contributed by atoms with Crippen LogP contribution in [0.1, 0.15) is 16.8 Å². The summed E-state index contributed by atoms with van der Waals surface area (Å²) in [4.78, 5) is 23.5. The van der Waals surface area contributed by atoms with Crippen molar-refractivity contribution in [2.75, 3.05) is 72.8 Å². The number of methoxy groups -OCH3 is 2. The molecular weight excluding hydrogens is 408 g/mol. The Hall–Kier alpha value is -1.91. The third kappa shape index (κ3) is 3.54. The van der Waals surface area contributed by atoms with E-state index in [1.54, 1.807) is 17.0 Å². The Kier molecular flexibility index (Phi) is 5.67. The van der Waals surface area contributed by atoms with Gasteiger partial charge in [0.05, 0.1) is 20.0 Å². The minimum absolute atomic E-state index is 0.0610. The minimum Gasteiger partial charge on any atom is -0.481 e. The highest BCUT2D eigenvalue weighted by Gasteiger charge is 2.62. The number of aromatic nitrogens is 1. The van der Waals surface area contributed by atoms with Crippen molar-refractivity contribution in [3.05, 3.63) is 17.7 Å². The molecule has 0 N–H and O–H groups in total. The highest BCUT2D eigenvalue weighted by Crippen LogP contribution is 2.45. The number of likely N-dealkylation sites (tertiary alicyclic amines) is 1. The smallest absolute Gasteiger partial charge is 0.259 e. The number of piperazine rings is 1. The summed E-state index contributed by atoms with van der Waals surface area (Å²) in [5.74, 6) is 0.553. The van der Waals surface area contributed by atoms with Crippen LogP contribution in [-0.4, -0.2) is 112 Å². The molecule has 3 fully saturated rings. The highest BCUT2D eigenvalue weighted by molar-refractivity contribution is 7.93. The molecule has 30 heavy (non-hydrogen) atoms. The van der Waals surface area contributed by atoms with E-state index in [4.69, 9.17) is 9.47 Å². The zero-order valence-electron chi connectivity index (χ0n) is 17.8. The van der Waals surface area contributed by atoms with Crippen molar-refractivity contribution in [1.82, 2.24) is 19.7 Å². The van der Waals surface area contributed by atoms with Gasteiger partial charge in [-0.3, -0.25) is 4.79 Å². The molecule has 3 saturated heterocycles. The molecule has 9 nitrogen and oxygen atoms in total. The number of pyridine rings is 1. The molecule has 4 heterocycles. The Labute approximate surface area is 177 Å². The molecule has 1 unspecified atom stereocenters. The number of amides is 1. The predicted octanol–water partition coefficient (Wildman–Crippen LogP) is -0.0245. The van der Waals surface area contributed by atoms with Gasteiger partial charge in [-0.2, -0.15) is 4.98 Å². The third-order valence-corrected chi connectivity index (χ3v) is 9.45. The zero-order chi connectivity index (χ0) is 21.5. The Morgan fingerprint density at radius 3 is 2.50 bits per heavy atom. The SMILES string of the molecule is COc1ccc(C(=O)N2CC3(C2)C(CN2CCN(C)CC2)CCS3(=O)=O)c(OC)n1. The van der Waals surface area contributed by atoms with Crippen LogP contribution in [0.25, 0.3) is 0 Å². The summed E-state index contributed by atoms with van der Waals surface area (Å²) >= 11 is 0. The number of ether oxygens (including phenoxy) is 2. The van der Waals surface area contributed by atoms with Gasteiger partial charge in [0.1, 0.15) is 10.3 Å². The Morgan fingerprint density at radius 2 is 1.87 bits per heavy atom. The Morgan fingerprint density at radius 1 is 1.17 bits per heavy atom. The van der Waals surface area contributed by atoms with Gasteiger partial charge in [-0.25, -0.2) is 8.42 Å². The number of sulfone groups is 1. The van der Waals surface area contributed by atoms with E-state index < -0.39 is 14.6 Å². The normalized spacial score (nSPS) is 25.8. The first-order chi connectivity index (χ1) is 14.3. The second-order valence-corrected chi connectivity index (χ2v) is 11.0. The molecule has 1 amide bonds. The van der Waals surface area contributed by atoms with Crippen LogP contribution in [0.15, 0.2) is 12.1 Å². The summed E-state index contributed by atoms with van der Waals surface area (Å²) < 4.78 is 35.4. The van der Waals surface area contributed by atoms with Crippen LogP contribution in [0.2, 0.25) is 0 Å². The molecule has 3 aliphatic heterocycles. The molecule has 1 aromatic heterocycles. The van der Waals surface area contributed by atoms with Gasteiger partial charge >= 0.3 is 0 Å². The number of hydrogen-bond donors (Lipinski definition) is 0. The van der Waals surface area contributed by atoms with Crippen molar-refractivity contribution < 1.29 is 22.7 Å². The topological polar surface area (TPSA) is 92.3 Å². The van der Waals surface area contributed by atoms with Crippen LogP contribution in [0.4, 0.5) is 0 Å². The number of hydrogen-bond acceptors (Lipinski definition) is 8. The van der Waals surface area contributed by atoms with Crippen molar-refractivity contribution in [3.8, 4) is 11.8 Å². The standard InChI is InChI=1S/C20H30N4O5S/c1-22-7-9-23(10-8-22)12-15-6-11-30(26,27)20(15)13-24(14-20)19(25)16-4-5-17(28-2)21-18(16)29-3/h4-5,15H,6-14H2,1-3H3. The lowest BCUT2D eigenvalue weighted by atomic mass is 9.82. The van der Waals surface area contributed by atoms with Gasteiger partial charge < -0.3 is 24.2 Å². The highest BCUT2D eigenvalue weighted by atomic mass is 32.2. The van der Waals surface area contributed by atoms with E-state index in [-0.39, 0.29) is 36.5 Å². The Balaban J connectivity index is 1.48. The fourth-order valence-electron chi connectivity index (χ4n) is 4.84. The zero-order valence-corrected chi connectivity index (χ0v) is 18.7. The van der Waals surface area contributed by atoms with E-state index in [1.807, 2.05) is 0 Å². The summed E-state index contributed by atoms with van der Waals surface area (Å²) in [6, 6.07) is 3.22. The maximum absolute atomic E-state index is 13.0. The first-order valence-corrected chi connectivity index (χ1v) is 12.0. The molecule has 0 radical (unpaired) electrons. The maximum Gasteiger partial charge on any atom is 0.259 e. The average molecular weight is 439 g/mol. The van der Waals surface area contributed by atoms with Crippen LogP contribution < -0.4 is 9.47 Å². The molecule has 0 saturated carbocycles. The van der Waals surface area contributed by atoms with E-state index >= 15 is 0 Å². The molecule has 0 aromatic carbocycles. The second kappa shape index (κ2) is 7.97. The average Bonchev–Trinajstić information content (AvgIpc) is 2.97. The summed E-state index contributed by atoms with van der Waals surface area (Å²) in [5.41, 5.74) is 0.319. The summed E-state index contributed by atoms with van der Waals surface area (Å²) in [5, 5.41) is 0. The van der Waals surface area contributed by atoms with Gasteiger partial charge in [0.15, 0.2) is 9.84 Å². The van der Waals surface area contributed by atoms with Gasteiger partial charge in [0.25, 0.3) is 5.91 Å². The number of carbonyl (C=O) groups excluding carboxylic acids is 1. The number of nitrogens with zero attached hydrogens (tertiary/aromatic N) is 4. The lowest BCUT2D eigenvalue weighted by molar-refractivity contribution is 0.0387. The first kappa shape index (κ1) is 21.3. The molecule has 4 rings (SSSR count). The lowest BCUT2D eigenvalue weighted by Crippen LogP contribution is -2.69. The molecule has 1 spiro atoms.